The summed E-state index contributed by atoms with van der Waals surface area (Å²) in [4.78, 5) is 4.06. The van der Waals surface area contributed by atoms with Crippen LogP contribution in [0.25, 0.3) is 0 Å². The van der Waals surface area contributed by atoms with Gasteiger partial charge in [-0.15, -0.1) is 13.2 Å². The maximum Gasteiger partial charge on any atom is 0.573 e. The van der Waals surface area contributed by atoms with E-state index in [9.17, 15) is 13.2 Å². The molecule has 18 heavy (non-hydrogen) atoms. The summed E-state index contributed by atoms with van der Waals surface area (Å²) in [6, 6.07) is 6.27. The zero-order chi connectivity index (χ0) is 13.2. The minimum absolute atomic E-state index is 0.130. The molecule has 6 heteroatoms. The normalized spacial score (nSPS) is 17.9. The first kappa shape index (κ1) is 13.0. The first-order valence-corrected chi connectivity index (χ1v) is 5.74. The van der Waals surface area contributed by atoms with Gasteiger partial charge in [-0.05, 0) is 19.2 Å². The topological polar surface area (TPSA) is 15.7 Å². The maximum absolute atomic E-state index is 12.3. The van der Waals surface area contributed by atoms with E-state index in [0.717, 1.165) is 13.1 Å². The minimum Gasteiger partial charge on any atom is -0.404 e. The first-order chi connectivity index (χ1) is 8.46. The molecular formula is C12H15F3N2O. The van der Waals surface area contributed by atoms with Crippen LogP contribution in [0.3, 0.4) is 0 Å². The maximum atomic E-state index is 12.3. The number of likely N-dealkylation sites (N-methyl/N-ethyl adjacent to an activating group) is 1. The molecule has 2 rings (SSSR count). The molecule has 0 aliphatic carbocycles. The van der Waals surface area contributed by atoms with Crippen molar-refractivity contribution in [3.63, 3.8) is 0 Å². The summed E-state index contributed by atoms with van der Waals surface area (Å²) in [5.74, 6) is -0.130. The smallest absolute Gasteiger partial charge is 0.404 e. The van der Waals surface area contributed by atoms with Crippen molar-refractivity contribution in [2.24, 2.45) is 0 Å². The second-order valence-corrected chi connectivity index (χ2v) is 4.31. The molecule has 1 heterocycles. The molecule has 1 aliphatic heterocycles. The zero-order valence-electron chi connectivity index (χ0n) is 10.1. The molecule has 0 amide bonds. The van der Waals surface area contributed by atoms with Crippen molar-refractivity contribution >= 4 is 5.69 Å². The molecule has 0 atom stereocenters. The van der Waals surface area contributed by atoms with E-state index in [-0.39, 0.29) is 5.75 Å². The van der Waals surface area contributed by atoms with Gasteiger partial charge in [0.15, 0.2) is 5.75 Å². The van der Waals surface area contributed by atoms with E-state index < -0.39 is 6.36 Å². The van der Waals surface area contributed by atoms with Crippen molar-refractivity contribution in [2.45, 2.75) is 6.36 Å². The van der Waals surface area contributed by atoms with Gasteiger partial charge in [0.1, 0.15) is 0 Å². The van der Waals surface area contributed by atoms with Gasteiger partial charge < -0.3 is 14.5 Å². The standard InChI is InChI=1S/C12H15F3N2O/c1-16-6-8-17(9-7-16)10-4-2-3-5-11(10)18-12(13,14)15/h2-5H,6-9H2,1H3. The average Bonchev–Trinajstić information content (AvgIpc) is 2.29. The fraction of sp³-hybridized carbons (Fsp3) is 0.500. The number of hydrogen-bond acceptors (Lipinski definition) is 3. The molecule has 3 nitrogen and oxygen atoms in total. The van der Waals surface area contributed by atoms with Crippen molar-refractivity contribution in [2.75, 3.05) is 38.1 Å². The SMILES string of the molecule is CN1CCN(c2ccccc2OC(F)(F)F)CC1. The second kappa shape index (κ2) is 5.06. The molecule has 1 aliphatic rings. The van der Waals surface area contributed by atoms with Crippen LogP contribution >= 0.6 is 0 Å². The number of ether oxygens (including phenoxy) is 1. The van der Waals surface area contributed by atoms with Crippen LogP contribution in [-0.4, -0.2) is 44.5 Å². The Morgan fingerprint density at radius 1 is 1.06 bits per heavy atom. The fourth-order valence-corrected chi connectivity index (χ4v) is 1.98. The number of rotatable bonds is 2. The zero-order valence-corrected chi connectivity index (χ0v) is 10.1. The number of para-hydroxylation sites is 2. The Morgan fingerprint density at radius 3 is 2.28 bits per heavy atom. The van der Waals surface area contributed by atoms with Gasteiger partial charge in [0, 0.05) is 26.2 Å². The van der Waals surface area contributed by atoms with Gasteiger partial charge in [0.2, 0.25) is 0 Å². The lowest BCUT2D eigenvalue weighted by atomic mass is 10.2. The summed E-state index contributed by atoms with van der Waals surface area (Å²) in [6.45, 7) is 3.07. The molecule has 0 radical (unpaired) electrons. The van der Waals surface area contributed by atoms with E-state index in [4.69, 9.17) is 0 Å². The van der Waals surface area contributed by atoms with E-state index in [1.54, 1.807) is 18.2 Å². The summed E-state index contributed by atoms with van der Waals surface area (Å²) < 4.78 is 41.0. The third-order valence-corrected chi connectivity index (χ3v) is 2.93. The van der Waals surface area contributed by atoms with Gasteiger partial charge in [0.05, 0.1) is 5.69 Å². The highest BCUT2D eigenvalue weighted by Gasteiger charge is 2.32. The van der Waals surface area contributed by atoms with Crippen molar-refractivity contribution in [1.82, 2.24) is 4.90 Å². The highest BCUT2D eigenvalue weighted by atomic mass is 19.4. The number of hydrogen-bond donors (Lipinski definition) is 0. The van der Waals surface area contributed by atoms with Crippen LogP contribution in [0.15, 0.2) is 24.3 Å². The molecule has 0 N–H and O–H groups in total. The molecule has 100 valence electrons. The minimum atomic E-state index is -4.65. The third kappa shape index (κ3) is 3.29. The number of benzene rings is 1. The van der Waals surface area contributed by atoms with E-state index in [0.29, 0.717) is 18.8 Å². The van der Waals surface area contributed by atoms with E-state index in [2.05, 4.69) is 9.64 Å². The van der Waals surface area contributed by atoms with Gasteiger partial charge in [-0.2, -0.15) is 0 Å². The average molecular weight is 260 g/mol. The van der Waals surface area contributed by atoms with E-state index >= 15 is 0 Å². The molecule has 1 fully saturated rings. The van der Waals surface area contributed by atoms with Gasteiger partial charge >= 0.3 is 6.36 Å². The number of alkyl halides is 3. The Morgan fingerprint density at radius 2 is 1.67 bits per heavy atom. The molecule has 0 bridgehead atoms. The molecule has 1 aromatic rings. The lowest BCUT2D eigenvalue weighted by molar-refractivity contribution is -0.274. The van der Waals surface area contributed by atoms with Crippen molar-refractivity contribution in [3.05, 3.63) is 24.3 Å². The third-order valence-electron chi connectivity index (χ3n) is 2.93. The highest BCUT2D eigenvalue weighted by Crippen LogP contribution is 2.32. The van der Waals surface area contributed by atoms with Crippen LogP contribution in [0.4, 0.5) is 18.9 Å². The Kier molecular flexibility index (Phi) is 3.65. The van der Waals surface area contributed by atoms with E-state index in [1.165, 1.54) is 6.07 Å². The van der Waals surface area contributed by atoms with Gasteiger partial charge in [-0.3, -0.25) is 0 Å². The van der Waals surface area contributed by atoms with E-state index in [1.807, 2.05) is 11.9 Å². The van der Waals surface area contributed by atoms with Crippen molar-refractivity contribution in [3.8, 4) is 5.75 Å². The van der Waals surface area contributed by atoms with Crippen LogP contribution in [0.1, 0.15) is 0 Å². The molecule has 0 spiro atoms. The lowest BCUT2D eigenvalue weighted by Gasteiger charge is -2.34. The van der Waals surface area contributed by atoms with Crippen LogP contribution in [0.5, 0.6) is 5.75 Å². The molecular weight excluding hydrogens is 245 g/mol. The van der Waals surface area contributed by atoms with Crippen molar-refractivity contribution in [1.29, 1.82) is 0 Å². The summed E-state index contributed by atoms with van der Waals surface area (Å²) in [6.07, 6.45) is -4.65. The summed E-state index contributed by atoms with van der Waals surface area (Å²) >= 11 is 0. The summed E-state index contributed by atoms with van der Waals surface area (Å²) in [7, 11) is 2.00. The Hall–Kier alpha value is -1.43. The van der Waals surface area contributed by atoms with Crippen LogP contribution < -0.4 is 9.64 Å². The highest BCUT2D eigenvalue weighted by molar-refractivity contribution is 5.58. The Balaban J connectivity index is 2.17. The summed E-state index contributed by atoms with van der Waals surface area (Å²) in [5, 5.41) is 0. The predicted molar refractivity (Wildman–Crippen MR) is 62.8 cm³/mol. The molecule has 0 aromatic heterocycles. The van der Waals surface area contributed by atoms with Gasteiger partial charge in [-0.25, -0.2) is 0 Å². The molecule has 1 saturated heterocycles. The quantitative estimate of drug-likeness (QED) is 0.811. The first-order valence-electron chi connectivity index (χ1n) is 5.74. The number of nitrogens with zero attached hydrogens (tertiary/aromatic N) is 2. The van der Waals surface area contributed by atoms with Crippen LogP contribution in [0.2, 0.25) is 0 Å². The second-order valence-electron chi connectivity index (χ2n) is 4.31. The Labute approximate surface area is 104 Å². The lowest BCUT2D eigenvalue weighted by Crippen LogP contribution is -2.44. The number of piperazine rings is 1. The van der Waals surface area contributed by atoms with Crippen molar-refractivity contribution < 1.29 is 17.9 Å². The molecule has 0 saturated carbocycles. The monoisotopic (exact) mass is 260 g/mol. The van der Waals surface area contributed by atoms with Gasteiger partial charge in [0.25, 0.3) is 0 Å². The summed E-state index contributed by atoms with van der Waals surface area (Å²) in [5.41, 5.74) is 0.503. The van der Waals surface area contributed by atoms with Gasteiger partial charge in [-0.1, -0.05) is 12.1 Å². The predicted octanol–water partition coefficient (Wildman–Crippen LogP) is 2.34. The number of anilines is 1. The Bertz CT molecular complexity index is 401. The largest absolute Gasteiger partial charge is 0.573 e. The van der Waals surface area contributed by atoms with Crippen LogP contribution in [0, 0.1) is 0 Å². The number of halogens is 3. The van der Waals surface area contributed by atoms with Crippen LogP contribution in [-0.2, 0) is 0 Å². The molecule has 0 unspecified atom stereocenters. The molecule has 1 aromatic carbocycles. The fourth-order valence-electron chi connectivity index (χ4n) is 1.98.